The van der Waals surface area contributed by atoms with Crippen molar-refractivity contribution < 1.29 is 28.5 Å². The predicted octanol–water partition coefficient (Wildman–Crippen LogP) is 1.05. The summed E-state index contributed by atoms with van der Waals surface area (Å²) in [5.41, 5.74) is 16.2. The highest BCUT2D eigenvalue weighted by Crippen LogP contribution is 1.86. The van der Waals surface area contributed by atoms with Crippen molar-refractivity contribution in [3.63, 3.8) is 0 Å². The third-order valence-electron chi connectivity index (χ3n) is 3.78. The summed E-state index contributed by atoms with van der Waals surface area (Å²) in [6, 6.07) is -0.554. The smallest absolute Gasteiger partial charge is 0.314 e. The van der Waals surface area contributed by atoms with Crippen LogP contribution in [0, 0.1) is 0 Å². The van der Waals surface area contributed by atoms with E-state index in [0.29, 0.717) is 79.0 Å². The van der Waals surface area contributed by atoms with E-state index in [9.17, 15) is 9.59 Å². The lowest BCUT2D eigenvalue weighted by atomic mass is 10.3. The SMILES string of the molecule is [N-]=[N+]=NCCOCCOCCNC(=O)NCCCCNC(=O)NCCOCCOCCN=[N+]=[N-]. The quantitative estimate of drug-likeness (QED) is 0.0712. The van der Waals surface area contributed by atoms with E-state index in [-0.39, 0.29) is 25.2 Å². The summed E-state index contributed by atoms with van der Waals surface area (Å²) in [7, 11) is 0. The van der Waals surface area contributed by atoms with Crippen LogP contribution in [0.15, 0.2) is 10.2 Å². The maximum Gasteiger partial charge on any atom is 0.314 e. The van der Waals surface area contributed by atoms with Gasteiger partial charge in [-0.3, -0.25) is 0 Å². The lowest BCUT2D eigenvalue weighted by Crippen LogP contribution is -2.39. The van der Waals surface area contributed by atoms with E-state index in [0.717, 1.165) is 12.8 Å². The third-order valence-corrected chi connectivity index (χ3v) is 3.78. The van der Waals surface area contributed by atoms with Gasteiger partial charge < -0.3 is 40.2 Å². The van der Waals surface area contributed by atoms with Gasteiger partial charge in [-0.2, -0.15) is 0 Å². The zero-order valence-electron chi connectivity index (χ0n) is 19.4. The number of unbranched alkanes of at least 4 members (excludes halogenated alkanes) is 1. The third kappa shape index (κ3) is 25.3. The minimum Gasteiger partial charge on any atom is -0.379 e. The number of carbonyl (C=O) groups is 2. The van der Waals surface area contributed by atoms with Gasteiger partial charge in [0, 0.05) is 49.1 Å². The van der Waals surface area contributed by atoms with Crippen molar-refractivity contribution in [2.45, 2.75) is 12.8 Å². The maximum atomic E-state index is 11.6. The first kappa shape index (κ1) is 31.0. The van der Waals surface area contributed by atoms with E-state index in [2.05, 4.69) is 41.3 Å². The Bertz CT molecular complexity index is 562. The standard InChI is InChI=1S/C18H36N10O6/c19-27-25-7-11-33-15-13-31-9-5-23-17(29)21-3-1-2-4-22-18(30)24-6-10-32-14-16-34-12-8-26-28-20/h1-16H2,(H2,21,23,29)(H2,22,24,30). The Hall–Kier alpha value is -3.00. The van der Waals surface area contributed by atoms with E-state index >= 15 is 0 Å². The van der Waals surface area contributed by atoms with Gasteiger partial charge in [-0.15, -0.1) is 0 Å². The van der Waals surface area contributed by atoms with E-state index in [1.807, 2.05) is 0 Å². The molecule has 16 nitrogen and oxygen atoms in total. The second-order valence-electron chi connectivity index (χ2n) is 6.43. The molecular weight excluding hydrogens is 452 g/mol. The molecule has 0 rings (SSSR count). The Morgan fingerprint density at radius 3 is 1.29 bits per heavy atom. The molecule has 0 aromatic carbocycles. The van der Waals surface area contributed by atoms with Crippen LogP contribution in [0.25, 0.3) is 20.9 Å². The van der Waals surface area contributed by atoms with Gasteiger partial charge in [-0.25, -0.2) is 9.59 Å². The minimum absolute atomic E-state index is 0.277. The molecule has 4 amide bonds. The number of amides is 4. The Morgan fingerprint density at radius 1 is 0.559 bits per heavy atom. The number of nitrogens with one attached hydrogen (secondary N) is 4. The molecule has 0 aliphatic heterocycles. The van der Waals surface area contributed by atoms with E-state index in [4.69, 9.17) is 30.0 Å². The summed E-state index contributed by atoms with van der Waals surface area (Å²) in [6.07, 6.45) is 1.44. The minimum atomic E-state index is -0.277. The van der Waals surface area contributed by atoms with Gasteiger partial charge in [-0.05, 0) is 23.9 Å². The van der Waals surface area contributed by atoms with E-state index < -0.39 is 0 Å². The molecule has 0 saturated heterocycles. The molecule has 0 heterocycles. The molecule has 0 spiro atoms. The highest BCUT2D eigenvalue weighted by Gasteiger charge is 2.01. The fraction of sp³-hybridized carbons (Fsp3) is 0.889. The molecule has 4 N–H and O–H groups in total. The van der Waals surface area contributed by atoms with Crippen molar-refractivity contribution >= 4 is 12.1 Å². The Kier molecular flexibility index (Phi) is 23.9. The summed E-state index contributed by atoms with van der Waals surface area (Å²) in [6.45, 7) is 5.32. The Labute approximate surface area is 198 Å². The van der Waals surface area contributed by atoms with Crippen LogP contribution in [0.4, 0.5) is 9.59 Å². The van der Waals surface area contributed by atoms with Crippen LogP contribution >= 0.6 is 0 Å². The predicted molar refractivity (Wildman–Crippen MR) is 123 cm³/mol. The first-order valence-corrected chi connectivity index (χ1v) is 11.1. The lowest BCUT2D eigenvalue weighted by Gasteiger charge is -2.10. The second-order valence-corrected chi connectivity index (χ2v) is 6.43. The summed E-state index contributed by atoms with van der Waals surface area (Å²) in [4.78, 5) is 28.5. The zero-order valence-corrected chi connectivity index (χ0v) is 19.4. The molecule has 0 unspecified atom stereocenters. The number of urea groups is 2. The van der Waals surface area contributed by atoms with Gasteiger partial charge in [0.1, 0.15) is 0 Å². The fourth-order valence-electron chi connectivity index (χ4n) is 2.20. The number of carbonyl (C=O) groups excluding carboxylic acids is 2. The second kappa shape index (κ2) is 26.3. The highest BCUT2D eigenvalue weighted by atomic mass is 16.5. The van der Waals surface area contributed by atoms with Gasteiger partial charge in [0.25, 0.3) is 0 Å². The van der Waals surface area contributed by atoms with Crippen LogP contribution in [0.1, 0.15) is 12.8 Å². The lowest BCUT2D eigenvalue weighted by molar-refractivity contribution is 0.0524. The van der Waals surface area contributed by atoms with Crippen molar-refractivity contribution in [2.24, 2.45) is 10.2 Å². The van der Waals surface area contributed by atoms with Crippen LogP contribution in [0.3, 0.4) is 0 Å². The molecule has 0 aromatic rings. The summed E-state index contributed by atoms with van der Waals surface area (Å²) < 4.78 is 20.9. The van der Waals surface area contributed by atoms with Crippen molar-refractivity contribution in [1.29, 1.82) is 0 Å². The highest BCUT2D eigenvalue weighted by molar-refractivity contribution is 5.74. The van der Waals surface area contributed by atoms with Crippen molar-refractivity contribution in [2.75, 3.05) is 92.1 Å². The van der Waals surface area contributed by atoms with Gasteiger partial charge in [0.05, 0.1) is 52.9 Å². The average molecular weight is 489 g/mol. The number of nitrogens with zero attached hydrogens (tertiary/aromatic N) is 6. The molecule has 0 atom stereocenters. The van der Waals surface area contributed by atoms with Crippen LogP contribution in [0.5, 0.6) is 0 Å². The van der Waals surface area contributed by atoms with Gasteiger partial charge in [-0.1, -0.05) is 10.2 Å². The zero-order chi connectivity index (χ0) is 25.0. The first-order valence-electron chi connectivity index (χ1n) is 11.1. The number of hydrogen-bond acceptors (Lipinski definition) is 8. The van der Waals surface area contributed by atoms with E-state index in [1.165, 1.54) is 0 Å². The summed E-state index contributed by atoms with van der Waals surface area (Å²) in [5, 5.41) is 17.5. The molecule has 0 aliphatic carbocycles. The van der Waals surface area contributed by atoms with Gasteiger partial charge in [0.15, 0.2) is 0 Å². The van der Waals surface area contributed by atoms with Crippen LogP contribution in [0.2, 0.25) is 0 Å². The largest absolute Gasteiger partial charge is 0.379 e. The summed E-state index contributed by atoms with van der Waals surface area (Å²) >= 11 is 0. The van der Waals surface area contributed by atoms with Crippen LogP contribution < -0.4 is 21.3 Å². The van der Waals surface area contributed by atoms with Gasteiger partial charge >= 0.3 is 12.1 Å². The molecule has 0 fully saturated rings. The monoisotopic (exact) mass is 488 g/mol. The average Bonchev–Trinajstić information content (AvgIpc) is 2.83. The van der Waals surface area contributed by atoms with E-state index in [1.54, 1.807) is 0 Å². The molecule has 0 saturated carbocycles. The first-order chi connectivity index (χ1) is 16.7. The normalized spacial score (nSPS) is 10.0. The molecule has 194 valence electrons. The number of hydrogen-bond donors (Lipinski definition) is 4. The van der Waals surface area contributed by atoms with Crippen molar-refractivity contribution in [3.8, 4) is 0 Å². The molecule has 34 heavy (non-hydrogen) atoms. The maximum absolute atomic E-state index is 11.6. The van der Waals surface area contributed by atoms with Crippen LogP contribution in [-0.4, -0.2) is 104 Å². The number of ether oxygens (including phenoxy) is 4. The molecule has 0 bridgehead atoms. The van der Waals surface area contributed by atoms with Gasteiger partial charge in [0.2, 0.25) is 0 Å². The Balaban J connectivity index is 3.31. The molecule has 0 aromatic heterocycles. The van der Waals surface area contributed by atoms with Crippen LogP contribution in [-0.2, 0) is 18.9 Å². The molecular formula is C18H36N10O6. The summed E-state index contributed by atoms with van der Waals surface area (Å²) in [5.74, 6) is 0. The van der Waals surface area contributed by atoms with Crippen molar-refractivity contribution in [1.82, 2.24) is 21.3 Å². The topological polar surface area (TPSA) is 217 Å². The molecule has 0 radical (unpaired) electrons. The Morgan fingerprint density at radius 2 is 0.912 bits per heavy atom. The number of azide groups is 2. The number of rotatable bonds is 23. The molecule has 16 heteroatoms. The fourth-order valence-corrected chi connectivity index (χ4v) is 2.20. The molecule has 0 aliphatic rings. The van der Waals surface area contributed by atoms with Crippen molar-refractivity contribution in [3.05, 3.63) is 20.9 Å².